The van der Waals surface area contributed by atoms with E-state index in [2.05, 4.69) is 10.2 Å². The number of hydrogen-bond donors (Lipinski definition) is 1. The zero-order valence-electron chi connectivity index (χ0n) is 18.7. The molecule has 34 heavy (non-hydrogen) atoms. The summed E-state index contributed by atoms with van der Waals surface area (Å²) in [4.78, 5) is 15.2. The number of halogens is 2. The van der Waals surface area contributed by atoms with Gasteiger partial charge in [0.1, 0.15) is 0 Å². The summed E-state index contributed by atoms with van der Waals surface area (Å²) in [7, 11) is -3.50. The Bertz CT molecular complexity index is 1290. The van der Waals surface area contributed by atoms with E-state index in [0.717, 1.165) is 11.1 Å². The molecule has 1 aliphatic heterocycles. The maximum atomic E-state index is 12.9. The SMILES string of the molecule is Cc1ccc(S(=O)(=O)N2CCN(Cc3cccc(C(=O)Nc4cc(Cl)ccc4Cl)c3)CC2)cc1. The van der Waals surface area contributed by atoms with Crippen molar-refractivity contribution in [3.05, 3.63) is 93.5 Å². The van der Waals surface area contributed by atoms with Crippen molar-refractivity contribution < 1.29 is 13.2 Å². The van der Waals surface area contributed by atoms with Gasteiger partial charge in [-0.25, -0.2) is 8.42 Å². The van der Waals surface area contributed by atoms with E-state index in [1.807, 2.05) is 37.3 Å². The number of aryl methyl sites for hydroxylation is 1. The second-order valence-electron chi connectivity index (χ2n) is 8.27. The van der Waals surface area contributed by atoms with Crippen LogP contribution < -0.4 is 5.32 Å². The molecule has 3 aromatic rings. The first kappa shape index (κ1) is 24.7. The Hall–Kier alpha value is -2.42. The largest absolute Gasteiger partial charge is 0.321 e. The fraction of sp³-hybridized carbons (Fsp3) is 0.240. The van der Waals surface area contributed by atoms with Crippen LogP contribution in [0.25, 0.3) is 0 Å². The van der Waals surface area contributed by atoms with Crippen molar-refractivity contribution >= 4 is 44.8 Å². The summed E-state index contributed by atoms with van der Waals surface area (Å²) < 4.78 is 27.4. The third-order valence-corrected chi connectivity index (χ3v) is 8.24. The zero-order chi connectivity index (χ0) is 24.3. The summed E-state index contributed by atoms with van der Waals surface area (Å²) >= 11 is 12.2. The van der Waals surface area contributed by atoms with Crippen molar-refractivity contribution in [1.29, 1.82) is 0 Å². The van der Waals surface area contributed by atoms with Gasteiger partial charge >= 0.3 is 0 Å². The predicted molar refractivity (Wildman–Crippen MR) is 136 cm³/mol. The number of carbonyl (C=O) groups is 1. The molecular formula is C25H25Cl2N3O3S. The Labute approximate surface area is 210 Å². The molecule has 0 aromatic heterocycles. The Morgan fingerprint density at radius 3 is 2.35 bits per heavy atom. The van der Waals surface area contributed by atoms with Crippen molar-refractivity contribution in [2.75, 3.05) is 31.5 Å². The van der Waals surface area contributed by atoms with E-state index in [4.69, 9.17) is 23.2 Å². The van der Waals surface area contributed by atoms with Crippen LogP contribution in [0.5, 0.6) is 0 Å². The van der Waals surface area contributed by atoms with Crippen LogP contribution in [0.3, 0.4) is 0 Å². The molecule has 0 spiro atoms. The van der Waals surface area contributed by atoms with Gasteiger partial charge in [-0.2, -0.15) is 4.31 Å². The van der Waals surface area contributed by atoms with E-state index in [-0.39, 0.29) is 5.91 Å². The van der Waals surface area contributed by atoms with E-state index in [1.54, 1.807) is 36.4 Å². The number of anilines is 1. The molecule has 0 bridgehead atoms. The quantitative estimate of drug-likeness (QED) is 0.496. The van der Waals surface area contributed by atoms with Crippen molar-refractivity contribution in [2.24, 2.45) is 0 Å². The smallest absolute Gasteiger partial charge is 0.255 e. The Kier molecular flexibility index (Phi) is 7.60. The molecule has 0 atom stereocenters. The minimum atomic E-state index is -3.50. The Morgan fingerprint density at radius 2 is 1.65 bits per heavy atom. The number of rotatable bonds is 6. The molecule has 1 aliphatic rings. The van der Waals surface area contributed by atoms with Crippen LogP contribution in [-0.2, 0) is 16.6 Å². The predicted octanol–water partition coefficient (Wildman–Crippen LogP) is 5.06. The molecule has 1 amide bonds. The van der Waals surface area contributed by atoms with Gasteiger partial charge in [-0.15, -0.1) is 0 Å². The maximum Gasteiger partial charge on any atom is 0.255 e. The molecule has 1 heterocycles. The standard InChI is InChI=1S/C25H25Cl2N3O3S/c1-18-5-8-22(9-6-18)34(32,33)30-13-11-29(12-14-30)17-19-3-2-4-20(15-19)25(31)28-24-16-21(26)7-10-23(24)27/h2-10,15-16H,11-14,17H2,1H3,(H,28,31). The monoisotopic (exact) mass is 517 g/mol. The van der Waals surface area contributed by atoms with E-state index >= 15 is 0 Å². The number of hydrogen-bond acceptors (Lipinski definition) is 4. The van der Waals surface area contributed by atoms with Crippen LogP contribution >= 0.6 is 23.2 Å². The lowest BCUT2D eigenvalue weighted by molar-refractivity contribution is 0.102. The summed E-state index contributed by atoms with van der Waals surface area (Å²) in [5.74, 6) is -0.278. The van der Waals surface area contributed by atoms with Crippen molar-refractivity contribution in [2.45, 2.75) is 18.4 Å². The third kappa shape index (κ3) is 5.79. The second-order valence-corrected chi connectivity index (χ2v) is 11.1. The molecule has 1 fully saturated rings. The van der Waals surface area contributed by atoms with Gasteiger partial charge in [0.05, 0.1) is 15.6 Å². The number of nitrogens with one attached hydrogen (secondary N) is 1. The number of piperazine rings is 1. The average molecular weight is 518 g/mol. The number of benzene rings is 3. The summed E-state index contributed by atoms with van der Waals surface area (Å²) in [5, 5.41) is 3.69. The van der Waals surface area contributed by atoms with Gasteiger partial charge in [-0.3, -0.25) is 9.69 Å². The molecule has 4 rings (SSSR count). The van der Waals surface area contributed by atoms with E-state index in [0.29, 0.717) is 58.9 Å². The summed E-state index contributed by atoms with van der Waals surface area (Å²) in [6.45, 7) is 4.62. The highest BCUT2D eigenvalue weighted by Crippen LogP contribution is 2.26. The van der Waals surface area contributed by atoms with Crippen LogP contribution in [0, 0.1) is 6.92 Å². The first-order chi connectivity index (χ1) is 16.2. The van der Waals surface area contributed by atoms with Gasteiger partial charge in [0.25, 0.3) is 5.91 Å². The van der Waals surface area contributed by atoms with Crippen LogP contribution in [0.2, 0.25) is 10.0 Å². The topological polar surface area (TPSA) is 69.7 Å². The first-order valence-electron chi connectivity index (χ1n) is 10.9. The normalized spacial score (nSPS) is 15.3. The van der Waals surface area contributed by atoms with Gasteiger partial charge in [0, 0.05) is 43.3 Å². The van der Waals surface area contributed by atoms with Crippen molar-refractivity contribution in [1.82, 2.24) is 9.21 Å². The van der Waals surface area contributed by atoms with Gasteiger partial charge in [0.15, 0.2) is 0 Å². The minimum absolute atomic E-state index is 0.278. The fourth-order valence-corrected chi connectivity index (χ4v) is 5.60. The van der Waals surface area contributed by atoms with Gasteiger partial charge in [0.2, 0.25) is 10.0 Å². The van der Waals surface area contributed by atoms with Crippen LogP contribution in [-0.4, -0.2) is 49.7 Å². The highest BCUT2D eigenvalue weighted by atomic mass is 35.5. The maximum absolute atomic E-state index is 12.9. The summed E-state index contributed by atoms with van der Waals surface area (Å²) in [6, 6.07) is 19.2. The molecule has 9 heteroatoms. The van der Waals surface area contributed by atoms with Crippen molar-refractivity contribution in [3.8, 4) is 0 Å². The van der Waals surface area contributed by atoms with Crippen LogP contribution in [0.1, 0.15) is 21.5 Å². The molecule has 6 nitrogen and oxygen atoms in total. The molecule has 178 valence electrons. The summed E-state index contributed by atoms with van der Waals surface area (Å²) in [6.07, 6.45) is 0. The second kappa shape index (κ2) is 10.5. The minimum Gasteiger partial charge on any atom is -0.321 e. The van der Waals surface area contributed by atoms with Gasteiger partial charge in [-0.1, -0.05) is 53.0 Å². The number of nitrogens with zero attached hydrogens (tertiary/aromatic N) is 2. The Balaban J connectivity index is 1.37. The van der Waals surface area contributed by atoms with Crippen LogP contribution in [0.15, 0.2) is 71.6 Å². The van der Waals surface area contributed by atoms with Crippen molar-refractivity contribution in [3.63, 3.8) is 0 Å². The van der Waals surface area contributed by atoms with E-state index < -0.39 is 10.0 Å². The lowest BCUT2D eigenvalue weighted by atomic mass is 10.1. The van der Waals surface area contributed by atoms with Gasteiger partial charge in [-0.05, 0) is 55.0 Å². The highest BCUT2D eigenvalue weighted by molar-refractivity contribution is 7.89. The number of sulfonamides is 1. The molecule has 0 aliphatic carbocycles. The molecule has 0 radical (unpaired) electrons. The molecule has 3 aromatic carbocycles. The molecule has 0 unspecified atom stereocenters. The third-order valence-electron chi connectivity index (χ3n) is 5.76. The lowest BCUT2D eigenvalue weighted by Gasteiger charge is -2.34. The molecule has 1 saturated heterocycles. The van der Waals surface area contributed by atoms with E-state index in [9.17, 15) is 13.2 Å². The Morgan fingerprint density at radius 1 is 0.941 bits per heavy atom. The van der Waals surface area contributed by atoms with Crippen LogP contribution in [0.4, 0.5) is 5.69 Å². The molecule has 0 saturated carbocycles. The first-order valence-corrected chi connectivity index (χ1v) is 13.1. The number of amides is 1. The van der Waals surface area contributed by atoms with Gasteiger partial charge < -0.3 is 5.32 Å². The van der Waals surface area contributed by atoms with E-state index in [1.165, 1.54) is 4.31 Å². The molecule has 1 N–H and O–H groups in total. The highest BCUT2D eigenvalue weighted by Gasteiger charge is 2.28. The zero-order valence-corrected chi connectivity index (χ0v) is 21.0. The summed E-state index contributed by atoms with van der Waals surface area (Å²) in [5.41, 5.74) is 2.96. The molecular weight excluding hydrogens is 493 g/mol. The average Bonchev–Trinajstić information content (AvgIpc) is 2.82. The fourth-order valence-electron chi connectivity index (χ4n) is 3.84. The lowest BCUT2D eigenvalue weighted by Crippen LogP contribution is -2.48. The number of carbonyl (C=O) groups excluding carboxylic acids is 1.